The van der Waals surface area contributed by atoms with Gasteiger partial charge in [0.25, 0.3) is 0 Å². The van der Waals surface area contributed by atoms with Gasteiger partial charge >= 0.3 is 5.97 Å². The minimum absolute atomic E-state index is 0.0211. The maximum Gasteiger partial charge on any atom is 0.352 e. The van der Waals surface area contributed by atoms with Gasteiger partial charge in [-0.3, -0.25) is 4.79 Å². The van der Waals surface area contributed by atoms with Crippen molar-refractivity contribution in [3.8, 4) is 0 Å². The summed E-state index contributed by atoms with van der Waals surface area (Å²) in [6, 6.07) is 3.04. The summed E-state index contributed by atoms with van der Waals surface area (Å²) in [5, 5.41) is 11.5. The summed E-state index contributed by atoms with van der Waals surface area (Å²) in [7, 11) is 1.59. The Kier molecular flexibility index (Phi) is 6.62. The predicted molar refractivity (Wildman–Crippen MR) is 67.1 cm³/mol. The molecule has 106 valence electrons. The fourth-order valence-corrected chi connectivity index (χ4v) is 1.46. The zero-order valence-electron chi connectivity index (χ0n) is 10.8. The highest BCUT2D eigenvalue weighted by atomic mass is 16.5. The minimum Gasteiger partial charge on any atom is -0.477 e. The van der Waals surface area contributed by atoms with Crippen LogP contribution in [0.2, 0.25) is 0 Å². The summed E-state index contributed by atoms with van der Waals surface area (Å²) in [6.07, 6.45) is 1.55. The van der Waals surface area contributed by atoms with Crippen molar-refractivity contribution < 1.29 is 24.2 Å². The quantitative estimate of drug-likeness (QED) is 0.615. The number of hydrogen-bond donors (Lipinski definition) is 2. The number of carboxylic acid groups (broad SMARTS) is 1. The normalized spacial score (nSPS) is 10.4. The molecule has 0 aromatic carbocycles. The molecule has 19 heavy (non-hydrogen) atoms. The van der Waals surface area contributed by atoms with Crippen LogP contribution in [-0.2, 0) is 20.8 Å². The number of amides is 1. The van der Waals surface area contributed by atoms with E-state index in [0.29, 0.717) is 26.4 Å². The number of rotatable bonds is 9. The van der Waals surface area contributed by atoms with Crippen molar-refractivity contribution in [2.24, 2.45) is 0 Å². The van der Waals surface area contributed by atoms with Crippen LogP contribution in [0.3, 0.4) is 0 Å². The lowest BCUT2D eigenvalue weighted by Gasteiger charge is -2.08. The van der Waals surface area contributed by atoms with E-state index in [4.69, 9.17) is 14.6 Å². The third-order valence-corrected chi connectivity index (χ3v) is 2.36. The smallest absolute Gasteiger partial charge is 0.352 e. The highest BCUT2D eigenvalue weighted by molar-refractivity contribution is 5.86. The van der Waals surface area contributed by atoms with Gasteiger partial charge in [-0.05, 0) is 12.1 Å². The molecule has 1 aromatic heterocycles. The second-order valence-corrected chi connectivity index (χ2v) is 3.78. The molecule has 0 aliphatic heterocycles. The number of hydrogen-bond acceptors (Lipinski definition) is 4. The number of methoxy groups -OCH3 is 1. The van der Waals surface area contributed by atoms with Gasteiger partial charge in [0, 0.05) is 19.9 Å². The molecule has 0 radical (unpaired) electrons. The standard InChI is InChI=1S/C12H18N2O5/c1-18-7-8-19-6-4-13-11(15)9-14-5-2-3-10(14)12(16)17/h2-3,5H,4,6-9H2,1H3,(H,13,15)(H,16,17). The topological polar surface area (TPSA) is 89.8 Å². The Balaban J connectivity index is 2.24. The van der Waals surface area contributed by atoms with E-state index < -0.39 is 5.97 Å². The van der Waals surface area contributed by atoms with E-state index >= 15 is 0 Å². The van der Waals surface area contributed by atoms with Gasteiger partial charge in [0.2, 0.25) is 5.91 Å². The van der Waals surface area contributed by atoms with Gasteiger partial charge in [-0.25, -0.2) is 4.79 Å². The fourth-order valence-electron chi connectivity index (χ4n) is 1.46. The Morgan fingerprint density at radius 3 is 2.84 bits per heavy atom. The Bertz CT molecular complexity index is 416. The van der Waals surface area contributed by atoms with Gasteiger partial charge in [-0.2, -0.15) is 0 Å². The summed E-state index contributed by atoms with van der Waals surface area (Å²) >= 11 is 0. The van der Waals surface area contributed by atoms with Gasteiger partial charge in [0.15, 0.2) is 0 Å². The third kappa shape index (κ3) is 5.54. The van der Waals surface area contributed by atoms with Crippen molar-refractivity contribution in [3.05, 3.63) is 24.0 Å². The van der Waals surface area contributed by atoms with Crippen molar-refractivity contribution >= 4 is 11.9 Å². The number of aromatic nitrogens is 1. The maximum atomic E-state index is 11.6. The molecular weight excluding hydrogens is 252 g/mol. The van der Waals surface area contributed by atoms with Gasteiger partial charge in [0.1, 0.15) is 12.2 Å². The van der Waals surface area contributed by atoms with E-state index in [1.165, 1.54) is 10.6 Å². The molecule has 1 aromatic rings. The first-order valence-electron chi connectivity index (χ1n) is 5.87. The number of nitrogens with one attached hydrogen (secondary N) is 1. The van der Waals surface area contributed by atoms with E-state index in [9.17, 15) is 9.59 Å². The summed E-state index contributed by atoms with van der Waals surface area (Å²) in [4.78, 5) is 22.4. The van der Waals surface area contributed by atoms with Crippen LogP contribution < -0.4 is 5.32 Å². The first-order valence-corrected chi connectivity index (χ1v) is 5.87. The van der Waals surface area contributed by atoms with Crippen LogP contribution in [0.5, 0.6) is 0 Å². The van der Waals surface area contributed by atoms with Gasteiger partial charge in [-0.1, -0.05) is 0 Å². The van der Waals surface area contributed by atoms with Crippen molar-refractivity contribution in [2.45, 2.75) is 6.54 Å². The van der Waals surface area contributed by atoms with Gasteiger partial charge in [0.05, 0.1) is 19.8 Å². The Morgan fingerprint density at radius 2 is 2.16 bits per heavy atom. The Labute approximate surface area is 111 Å². The molecule has 0 fully saturated rings. The van der Waals surface area contributed by atoms with Gasteiger partial charge in [-0.15, -0.1) is 0 Å². The molecule has 7 heteroatoms. The van der Waals surface area contributed by atoms with Gasteiger partial charge < -0.3 is 24.5 Å². The second kappa shape index (κ2) is 8.28. The monoisotopic (exact) mass is 270 g/mol. The summed E-state index contributed by atoms with van der Waals surface area (Å²) in [5.74, 6) is -1.31. The zero-order chi connectivity index (χ0) is 14.1. The minimum atomic E-state index is -1.05. The molecule has 1 rings (SSSR count). The molecule has 0 atom stereocenters. The predicted octanol–water partition coefficient (Wildman–Crippen LogP) is -0.0345. The average Bonchev–Trinajstić information content (AvgIpc) is 2.81. The van der Waals surface area contributed by atoms with E-state index in [-0.39, 0.29) is 18.1 Å². The van der Waals surface area contributed by atoms with Crippen LogP contribution in [0.15, 0.2) is 18.3 Å². The van der Waals surface area contributed by atoms with Crippen LogP contribution in [0.4, 0.5) is 0 Å². The highest BCUT2D eigenvalue weighted by Gasteiger charge is 2.10. The number of ether oxygens (including phenoxy) is 2. The summed E-state index contributed by atoms with van der Waals surface area (Å²) in [6.45, 7) is 1.75. The van der Waals surface area contributed by atoms with Crippen LogP contribution in [-0.4, -0.2) is 55.0 Å². The molecule has 0 unspecified atom stereocenters. The second-order valence-electron chi connectivity index (χ2n) is 3.78. The molecule has 2 N–H and O–H groups in total. The lowest BCUT2D eigenvalue weighted by molar-refractivity contribution is -0.121. The molecular formula is C12H18N2O5. The lowest BCUT2D eigenvalue weighted by atomic mass is 10.4. The zero-order valence-corrected chi connectivity index (χ0v) is 10.8. The molecule has 0 aliphatic carbocycles. The maximum absolute atomic E-state index is 11.6. The number of aromatic carboxylic acids is 1. The molecule has 1 amide bonds. The number of nitrogens with zero attached hydrogens (tertiary/aromatic N) is 1. The average molecular weight is 270 g/mol. The third-order valence-electron chi connectivity index (χ3n) is 2.36. The van der Waals surface area contributed by atoms with Crippen molar-refractivity contribution in [3.63, 3.8) is 0 Å². The lowest BCUT2D eigenvalue weighted by Crippen LogP contribution is -2.31. The number of carbonyl (C=O) groups excluding carboxylic acids is 1. The van der Waals surface area contributed by atoms with E-state index in [1.807, 2.05) is 0 Å². The molecule has 0 bridgehead atoms. The van der Waals surface area contributed by atoms with Crippen LogP contribution in [0.25, 0.3) is 0 Å². The van der Waals surface area contributed by atoms with Crippen molar-refractivity contribution in [2.75, 3.05) is 33.5 Å². The van der Waals surface area contributed by atoms with Crippen molar-refractivity contribution in [1.82, 2.24) is 9.88 Å². The van der Waals surface area contributed by atoms with Crippen LogP contribution in [0.1, 0.15) is 10.5 Å². The fraction of sp³-hybridized carbons (Fsp3) is 0.500. The molecule has 0 aliphatic rings. The van der Waals surface area contributed by atoms with Crippen LogP contribution >= 0.6 is 0 Å². The first kappa shape index (κ1) is 15.2. The Hall–Kier alpha value is -1.86. The summed E-state index contributed by atoms with van der Waals surface area (Å²) < 4.78 is 11.4. The molecule has 0 saturated heterocycles. The number of carbonyl (C=O) groups is 2. The van der Waals surface area contributed by atoms with Crippen molar-refractivity contribution in [1.29, 1.82) is 0 Å². The molecule has 1 heterocycles. The number of carboxylic acids is 1. The molecule has 0 spiro atoms. The SMILES string of the molecule is COCCOCCNC(=O)Cn1cccc1C(=O)O. The molecule has 7 nitrogen and oxygen atoms in total. The van der Waals surface area contributed by atoms with Crippen LogP contribution in [0, 0.1) is 0 Å². The molecule has 0 saturated carbocycles. The highest BCUT2D eigenvalue weighted by Crippen LogP contribution is 2.01. The van der Waals surface area contributed by atoms with E-state index in [0.717, 1.165) is 0 Å². The Morgan fingerprint density at radius 1 is 1.37 bits per heavy atom. The van der Waals surface area contributed by atoms with E-state index in [2.05, 4.69) is 5.32 Å². The van der Waals surface area contributed by atoms with E-state index in [1.54, 1.807) is 19.4 Å². The summed E-state index contributed by atoms with van der Waals surface area (Å²) in [5.41, 5.74) is 0.0893. The largest absolute Gasteiger partial charge is 0.477 e. The first-order chi connectivity index (χ1) is 9.15.